The van der Waals surface area contributed by atoms with Gasteiger partial charge in [0.15, 0.2) is 11.5 Å². The predicted molar refractivity (Wildman–Crippen MR) is 114 cm³/mol. The highest BCUT2D eigenvalue weighted by Gasteiger charge is 2.23. The first-order chi connectivity index (χ1) is 15.2. The molecule has 2 unspecified atom stereocenters. The van der Waals surface area contributed by atoms with Crippen molar-refractivity contribution < 1.29 is 18.3 Å². The van der Waals surface area contributed by atoms with Gasteiger partial charge in [-0.2, -0.15) is 0 Å². The maximum absolute atomic E-state index is 14.6. The van der Waals surface area contributed by atoms with Crippen LogP contribution in [0.25, 0.3) is 28.0 Å². The van der Waals surface area contributed by atoms with Gasteiger partial charge < -0.3 is 10.8 Å². The molecule has 4 aromatic rings. The maximum atomic E-state index is 14.6. The van der Waals surface area contributed by atoms with E-state index in [0.717, 1.165) is 22.8 Å². The maximum Gasteiger partial charge on any atom is 0.256 e. The van der Waals surface area contributed by atoms with E-state index in [4.69, 9.17) is 5.73 Å². The third-order valence-electron chi connectivity index (χ3n) is 5.19. The van der Waals surface area contributed by atoms with E-state index in [1.54, 1.807) is 6.92 Å². The number of hydrogen-bond acceptors (Lipinski definition) is 5. The van der Waals surface area contributed by atoms with Gasteiger partial charge in [-0.15, -0.1) is 0 Å². The first kappa shape index (κ1) is 21.7. The van der Waals surface area contributed by atoms with Crippen molar-refractivity contribution in [1.29, 1.82) is 0 Å². The lowest BCUT2D eigenvalue weighted by Crippen LogP contribution is -2.27. The lowest BCUT2D eigenvalue weighted by atomic mass is 10.0. The van der Waals surface area contributed by atoms with E-state index in [2.05, 4.69) is 9.97 Å². The number of rotatable bonds is 4. The topological polar surface area (TPSA) is 94.0 Å². The number of aromatic nitrogens is 3. The zero-order chi connectivity index (χ0) is 23.2. The summed E-state index contributed by atoms with van der Waals surface area (Å²) in [4.78, 5) is 21.5. The SMILES string of the molecule is Cc1cc(F)ccc1-c1nc(C(N)C(C)O)nc2c1ccc(=O)n2-c1c(F)cccc1F. The van der Waals surface area contributed by atoms with Gasteiger partial charge in [-0.3, -0.25) is 9.36 Å². The highest BCUT2D eigenvalue weighted by atomic mass is 19.1. The first-order valence-corrected chi connectivity index (χ1v) is 9.77. The molecule has 2 aromatic carbocycles. The van der Waals surface area contributed by atoms with Gasteiger partial charge in [0.05, 0.1) is 17.8 Å². The standard InChI is InChI=1S/C23H19F3N4O2/c1-11-10-13(24)6-7-14(11)20-15-8-9-18(32)30(21-16(25)4-3-5-17(21)26)23(15)29-22(28-20)19(27)12(2)31/h3-10,12,19,31H,27H2,1-2H3. The quantitative estimate of drug-likeness (QED) is 0.506. The number of hydrogen-bond donors (Lipinski definition) is 2. The van der Waals surface area contributed by atoms with Crippen LogP contribution in [-0.2, 0) is 0 Å². The summed E-state index contributed by atoms with van der Waals surface area (Å²) in [5, 5.41) is 10.3. The Hall–Kier alpha value is -3.56. The molecule has 0 fully saturated rings. The summed E-state index contributed by atoms with van der Waals surface area (Å²) in [7, 11) is 0. The molecule has 6 nitrogen and oxygen atoms in total. The Labute approximate surface area is 180 Å². The molecule has 0 saturated heterocycles. The number of aliphatic hydroxyl groups is 1. The fourth-order valence-corrected chi connectivity index (χ4v) is 3.51. The Morgan fingerprint density at radius 1 is 1.03 bits per heavy atom. The van der Waals surface area contributed by atoms with Crippen molar-refractivity contribution in [3.8, 4) is 16.9 Å². The first-order valence-electron chi connectivity index (χ1n) is 9.77. The Balaban J connectivity index is 2.17. The fourth-order valence-electron chi connectivity index (χ4n) is 3.51. The predicted octanol–water partition coefficient (Wildman–Crippen LogP) is 3.55. The number of aliphatic hydroxyl groups excluding tert-OH is 1. The second-order valence-electron chi connectivity index (χ2n) is 7.47. The molecule has 0 aliphatic carbocycles. The van der Waals surface area contributed by atoms with Gasteiger partial charge in [0, 0.05) is 17.0 Å². The molecule has 9 heteroatoms. The third-order valence-corrected chi connectivity index (χ3v) is 5.19. The highest BCUT2D eigenvalue weighted by Crippen LogP contribution is 2.31. The van der Waals surface area contributed by atoms with E-state index in [-0.39, 0.29) is 17.2 Å². The Kier molecular flexibility index (Phi) is 5.53. The molecule has 164 valence electrons. The van der Waals surface area contributed by atoms with Gasteiger partial charge in [0.25, 0.3) is 5.56 Å². The Morgan fingerprint density at radius 2 is 1.72 bits per heavy atom. The minimum atomic E-state index is -1.05. The van der Waals surface area contributed by atoms with Gasteiger partial charge in [0.2, 0.25) is 0 Å². The smallest absolute Gasteiger partial charge is 0.256 e. The zero-order valence-corrected chi connectivity index (χ0v) is 17.2. The monoisotopic (exact) mass is 440 g/mol. The molecule has 3 N–H and O–H groups in total. The molecule has 32 heavy (non-hydrogen) atoms. The molecule has 0 saturated carbocycles. The van der Waals surface area contributed by atoms with Crippen LogP contribution in [0.4, 0.5) is 13.2 Å². The fraction of sp³-hybridized carbons (Fsp3) is 0.174. The van der Waals surface area contributed by atoms with Crippen LogP contribution in [0, 0.1) is 24.4 Å². The molecule has 2 atom stereocenters. The lowest BCUT2D eigenvalue weighted by molar-refractivity contribution is 0.161. The average Bonchev–Trinajstić information content (AvgIpc) is 2.73. The van der Waals surface area contributed by atoms with Crippen LogP contribution < -0.4 is 11.3 Å². The Morgan fingerprint density at radius 3 is 2.34 bits per heavy atom. The van der Waals surface area contributed by atoms with Crippen LogP contribution in [0.15, 0.2) is 53.3 Å². The Bertz CT molecular complexity index is 1380. The van der Waals surface area contributed by atoms with Crippen LogP contribution in [0.3, 0.4) is 0 Å². The summed E-state index contributed by atoms with van der Waals surface area (Å²) in [6.45, 7) is 3.11. The number of nitrogens with zero attached hydrogens (tertiary/aromatic N) is 3. The molecular weight excluding hydrogens is 421 g/mol. The van der Waals surface area contributed by atoms with E-state index >= 15 is 0 Å². The van der Waals surface area contributed by atoms with Crippen molar-refractivity contribution in [1.82, 2.24) is 14.5 Å². The average molecular weight is 440 g/mol. The van der Waals surface area contributed by atoms with Crippen LogP contribution in [0.5, 0.6) is 0 Å². The van der Waals surface area contributed by atoms with Crippen LogP contribution in [-0.4, -0.2) is 25.7 Å². The van der Waals surface area contributed by atoms with Crippen molar-refractivity contribution in [2.75, 3.05) is 0 Å². The van der Waals surface area contributed by atoms with E-state index < -0.39 is 40.8 Å². The van der Waals surface area contributed by atoms with Crippen molar-refractivity contribution >= 4 is 11.0 Å². The largest absolute Gasteiger partial charge is 0.391 e. The molecule has 0 aliphatic heterocycles. The van der Waals surface area contributed by atoms with Crippen molar-refractivity contribution in [2.24, 2.45) is 5.73 Å². The summed E-state index contributed by atoms with van der Waals surface area (Å²) in [5.41, 5.74) is 5.97. The number of para-hydroxylation sites is 1. The third kappa shape index (κ3) is 3.65. The number of aryl methyl sites for hydroxylation is 1. The molecule has 2 aromatic heterocycles. The summed E-state index contributed by atoms with van der Waals surface area (Å²) in [6, 6.07) is 8.83. The van der Waals surface area contributed by atoms with Crippen LogP contribution in [0.1, 0.15) is 24.4 Å². The highest BCUT2D eigenvalue weighted by molar-refractivity contribution is 5.92. The van der Waals surface area contributed by atoms with Crippen molar-refractivity contribution in [3.05, 3.63) is 87.7 Å². The number of halogens is 3. The summed E-state index contributed by atoms with van der Waals surface area (Å²) in [6.07, 6.45) is -1.05. The van der Waals surface area contributed by atoms with Crippen molar-refractivity contribution in [3.63, 3.8) is 0 Å². The summed E-state index contributed by atoms with van der Waals surface area (Å²) >= 11 is 0. The van der Waals surface area contributed by atoms with E-state index in [9.17, 15) is 23.1 Å². The molecule has 4 rings (SSSR count). The van der Waals surface area contributed by atoms with Gasteiger partial charge in [-0.05, 0) is 55.8 Å². The van der Waals surface area contributed by atoms with Crippen LogP contribution in [0.2, 0.25) is 0 Å². The summed E-state index contributed by atoms with van der Waals surface area (Å²) < 4.78 is 43.7. The second kappa shape index (κ2) is 8.18. The molecular formula is C23H19F3N4O2. The number of fused-ring (bicyclic) bond motifs is 1. The summed E-state index contributed by atoms with van der Waals surface area (Å²) in [5.74, 6) is -2.41. The minimum Gasteiger partial charge on any atom is -0.391 e. The van der Waals surface area contributed by atoms with E-state index in [1.165, 1.54) is 37.3 Å². The second-order valence-corrected chi connectivity index (χ2v) is 7.47. The van der Waals surface area contributed by atoms with Gasteiger partial charge in [-0.1, -0.05) is 6.07 Å². The van der Waals surface area contributed by atoms with Gasteiger partial charge in [0.1, 0.15) is 23.1 Å². The van der Waals surface area contributed by atoms with Gasteiger partial charge >= 0.3 is 0 Å². The van der Waals surface area contributed by atoms with Crippen molar-refractivity contribution in [2.45, 2.75) is 26.0 Å². The molecule has 2 heterocycles. The van der Waals surface area contributed by atoms with Crippen LogP contribution >= 0.6 is 0 Å². The van der Waals surface area contributed by atoms with E-state index in [1.807, 2.05) is 0 Å². The molecule has 0 spiro atoms. The lowest BCUT2D eigenvalue weighted by Gasteiger charge is -2.19. The van der Waals surface area contributed by atoms with E-state index in [0.29, 0.717) is 16.5 Å². The molecule has 0 aliphatic rings. The minimum absolute atomic E-state index is 0.0395. The number of benzene rings is 2. The van der Waals surface area contributed by atoms with Gasteiger partial charge in [-0.25, -0.2) is 23.1 Å². The molecule has 0 bridgehead atoms. The molecule has 0 radical (unpaired) electrons. The molecule has 0 amide bonds. The normalized spacial score (nSPS) is 13.3. The zero-order valence-electron chi connectivity index (χ0n) is 17.2. The number of pyridine rings is 1. The number of nitrogens with two attached hydrogens (primary N) is 1.